The van der Waals surface area contributed by atoms with Crippen LogP contribution >= 0.6 is 0 Å². The molecule has 6 heteroatoms. The number of aromatic carboxylic acids is 1. The van der Waals surface area contributed by atoms with E-state index in [2.05, 4.69) is 10.2 Å². The van der Waals surface area contributed by atoms with E-state index in [0.717, 1.165) is 37.2 Å². The predicted molar refractivity (Wildman–Crippen MR) is 79.2 cm³/mol. The van der Waals surface area contributed by atoms with Crippen molar-refractivity contribution in [1.29, 1.82) is 0 Å². The molecular weight excluding hydrogens is 268 g/mol. The summed E-state index contributed by atoms with van der Waals surface area (Å²) in [4.78, 5) is 14.8. The average Bonchev–Trinajstić information content (AvgIpc) is 3.09. The molecule has 110 valence electrons. The van der Waals surface area contributed by atoms with Crippen molar-refractivity contribution in [3.63, 3.8) is 0 Å². The maximum absolute atomic E-state index is 11.4. The normalized spacial score (nSPS) is 14.7. The zero-order chi connectivity index (χ0) is 15.0. The highest BCUT2D eigenvalue weighted by atomic mass is 16.4. The van der Waals surface area contributed by atoms with Crippen molar-refractivity contribution in [2.24, 2.45) is 0 Å². The molecular formula is C15H18N4O2. The monoisotopic (exact) mass is 286 g/mol. The van der Waals surface area contributed by atoms with E-state index in [1.54, 1.807) is 0 Å². The van der Waals surface area contributed by atoms with E-state index in [-0.39, 0.29) is 5.69 Å². The number of aryl methyl sites for hydroxylation is 2. The average molecular weight is 286 g/mol. The maximum atomic E-state index is 11.4. The van der Waals surface area contributed by atoms with Crippen LogP contribution < -0.4 is 4.90 Å². The molecule has 0 saturated carbocycles. The van der Waals surface area contributed by atoms with Gasteiger partial charge in [-0.1, -0.05) is 6.07 Å². The van der Waals surface area contributed by atoms with E-state index in [1.165, 1.54) is 10.4 Å². The molecule has 2 heterocycles. The molecule has 1 fully saturated rings. The Morgan fingerprint density at radius 2 is 1.86 bits per heavy atom. The van der Waals surface area contributed by atoms with Crippen molar-refractivity contribution in [1.82, 2.24) is 15.0 Å². The Morgan fingerprint density at radius 1 is 1.14 bits per heavy atom. The van der Waals surface area contributed by atoms with Crippen LogP contribution in [0.1, 0.15) is 34.5 Å². The summed E-state index contributed by atoms with van der Waals surface area (Å²) in [5.74, 6) is -0.565. The lowest BCUT2D eigenvalue weighted by Gasteiger charge is -2.13. The summed E-state index contributed by atoms with van der Waals surface area (Å²) in [6.07, 6.45) is 2.13. The Bertz CT molecular complexity index is 687. The first-order valence-electron chi connectivity index (χ1n) is 7.09. The zero-order valence-electron chi connectivity index (χ0n) is 12.2. The molecule has 0 aliphatic carbocycles. The highest BCUT2D eigenvalue weighted by Gasteiger charge is 2.25. The lowest BCUT2D eigenvalue weighted by atomic mass is 10.1. The second-order valence-corrected chi connectivity index (χ2v) is 5.43. The molecule has 0 amide bonds. The molecule has 1 aromatic heterocycles. The first-order chi connectivity index (χ1) is 10.1. The Morgan fingerprint density at radius 3 is 2.48 bits per heavy atom. The second kappa shape index (κ2) is 5.20. The van der Waals surface area contributed by atoms with Crippen LogP contribution in [0.3, 0.4) is 0 Å². The van der Waals surface area contributed by atoms with Gasteiger partial charge >= 0.3 is 5.97 Å². The number of anilines is 1. The Balaban J connectivity index is 2.04. The molecule has 0 unspecified atom stereocenters. The fraction of sp³-hybridized carbons (Fsp3) is 0.400. The van der Waals surface area contributed by atoms with Crippen LogP contribution in [-0.4, -0.2) is 39.2 Å². The van der Waals surface area contributed by atoms with Gasteiger partial charge in [-0.2, -0.15) is 0 Å². The Kier molecular flexibility index (Phi) is 3.37. The standard InChI is InChI=1S/C15H18N4O2/c1-10-5-6-12(9-11(10)2)19-16-13(15(20)21)14(17-19)18-7-3-4-8-18/h5-6,9H,3-4,7-8H2,1-2H3,(H,20,21). The molecule has 6 nitrogen and oxygen atoms in total. The SMILES string of the molecule is Cc1ccc(-n2nc(C(=O)O)c(N3CCCC3)n2)cc1C. The number of nitrogens with zero attached hydrogens (tertiary/aromatic N) is 4. The maximum Gasteiger partial charge on any atom is 0.360 e. The number of benzene rings is 1. The van der Waals surface area contributed by atoms with Gasteiger partial charge in [-0.05, 0) is 49.9 Å². The fourth-order valence-corrected chi connectivity index (χ4v) is 2.54. The molecule has 0 atom stereocenters. The number of rotatable bonds is 3. The van der Waals surface area contributed by atoms with Crippen LogP contribution in [0.5, 0.6) is 0 Å². The highest BCUT2D eigenvalue weighted by molar-refractivity contribution is 5.91. The third kappa shape index (κ3) is 2.49. The van der Waals surface area contributed by atoms with E-state index in [4.69, 9.17) is 0 Å². The number of hydrogen-bond donors (Lipinski definition) is 1. The minimum atomic E-state index is -1.04. The quantitative estimate of drug-likeness (QED) is 0.936. The van der Waals surface area contributed by atoms with Gasteiger partial charge in [0.15, 0.2) is 5.82 Å². The van der Waals surface area contributed by atoms with E-state index < -0.39 is 5.97 Å². The molecule has 0 bridgehead atoms. The van der Waals surface area contributed by atoms with Gasteiger partial charge in [0.25, 0.3) is 0 Å². The topological polar surface area (TPSA) is 71.2 Å². The van der Waals surface area contributed by atoms with Crippen LogP contribution in [0.25, 0.3) is 5.69 Å². The van der Waals surface area contributed by atoms with Crippen molar-refractivity contribution >= 4 is 11.8 Å². The molecule has 1 aromatic carbocycles. The van der Waals surface area contributed by atoms with E-state index in [1.807, 2.05) is 36.9 Å². The molecule has 1 aliphatic rings. The lowest BCUT2D eigenvalue weighted by molar-refractivity contribution is 0.0690. The molecule has 21 heavy (non-hydrogen) atoms. The third-order valence-corrected chi connectivity index (χ3v) is 3.93. The lowest BCUT2D eigenvalue weighted by Crippen LogP contribution is -2.20. The third-order valence-electron chi connectivity index (χ3n) is 3.93. The Labute approximate surface area is 123 Å². The van der Waals surface area contributed by atoms with Crippen molar-refractivity contribution in [3.8, 4) is 5.69 Å². The molecule has 0 radical (unpaired) electrons. The van der Waals surface area contributed by atoms with Gasteiger partial charge in [-0.25, -0.2) is 4.79 Å². The van der Waals surface area contributed by atoms with Crippen LogP contribution in [0.2, 0.25) is 0 Å². The van der Waals surface area contributed by atoms with E-state index in [9.17, 15) is 9.90 Å². The summed E-state index contributed by atoms with van der Waals surface area (Å²) in [5, 5.41) is 17.9. The predicted octanol–water partition coefficient (Wildman–Crippen LogP) is 2.18. The van der Waals surface area contributed by atoms with E-state index in [0.29, 0.717) is 5.82 Å². The molecule has 1 aliphatic heterocycles. The zero-order valence-corrected chi connectivity index (χ0v) is 12.2. The first-order valence-corrected chi connectivity index (χ1v) is 7.09. The first kappa shape index (κ1) is 13.6. The van der Waals surface area contributed by atoms with Crippen LogP contribution in [0, 0.1) is 13.8 Å². The second-order valence-electron chi connectivity index (χ2n) is 5.43. The molecule has 1 N–H and O–H groups in total. The van der Waals surface area contributed by atoms with Gasteiger partial charge in [0.2, 0.25) is 5.69 Å². The minimum Gasteiger partial charge on any atom is -0.476 e. The largest absolute Gasteiger partial charge is 0.476 e. The Hall–Kier alpha value is -2.37. The van der Waals surface area contributed by atoms with Crippen molar-refractivity contribution < 1.29 is 9.90 Å². The number of carboxylic acid groups (broad SMARTS) is 1. The summed E-state index contributed by atoms with van der Waals surface area (Å²) in [7, 11) is 0. The van der Waals surface area contributed by atoms with Crippen molar-refractivity contribution in [2.45, 2.75) is 26.7 Å². The fourth-order valence-electron chi connectivity index (χ4n) is 2.54. The van der Waals surface area contributed by atoms with Gasteiger partial charge in [-0.15, -0.1) is 15.0 Å². The minimum absolute atomic E-state index is 0.0233. The van der Waals surface area contributed by atoms with Gasteiger partial charge in [0.05, 0.1) is 5.69 Å². The summed E-state index contributed by atoms with van der Waals surface area (Å²) >= 11 is 0. The summed E-state index contributed by atoms with van der Waals surface area (Å²) in [6.45, 7) is 5.73. The van der Waals surface area contributed by atoms with Crippen molar-refractivity contribution in [2.75, 3.05) is 18.0 Å². The van der Waals surface area contributed by atoms with Crippen LogP contribution in [0.15, 0.2) is 18.2 Å². The van der Waals surface area contributed by atoms with Gasteiger partial charge in [0.1, 0.15) is 0 Å². The van der Waals surface area contributed by atoms with Crippen LogP contribution in [-0.2, 0) is 0 Å². The number of carbonyl (C=O) groups is 1. The summed E-state index contributed by atoms with van der Waals surface area (Å²) in [6, 6.07) is 5.86. The number of aromatic nitrogens is 3. The molecule has 0 spiro atoms. The molecule has 1 saturated heterocycles. The number of carboxylic acids is 1. The highest BCUT2D eigenvalue weighted by Crippen LogP contribution is 2.23. The molecule has 3 rings (SSSR count). The van der Waals surface area contributed by atoms with Crippen LogP contribution in [0.4, 0.5) is 5.82 Å². The van der Waals surface area contributed by atoms with Gasteiger partial charge in [-0.3, -0.25) is 0 Å². The summed E-state index contributed by atoms with van der Waals surface area (Å²) < 4.78 is 0. The number of hydrogen-bond acceptors (Lipinski definition) is 4. The van der Waals surface area contributed by atoms with Gasteiger partial charge in [0, 0.05) is 13.1 Å². The van der Waals surface area contributed by atoms with Crippen molar-refractivity contribution in [3.05, 3.63) is 35.0 Å². The summed E-state index contributed by atoms with van der Waals surface area (Å²) in [5.41, 5.74) is 3.12. The molecule has 2 aromatic rings. The smallest absolute Gasteiger partial charge is 0.360 e. The van der Waals surface area contributed by atoms with Gasteiger partial charge < -0.3 is 10.0 Å². The van der Waals surface area contributed by atoms with E-state index >= 15 is 0 Å².